The van der Waals surface area contributed by atoms with E-state index < -0.39 is 11.6 Å². The number of benzene rings is 2. The molecule has 0 bridgehead atoms. The van der Waals surface area contributed by atoms with E-state index >= 15 is 0 Å². The van der Waals surface area contributed by atoms with Crippen LogP contribution in [0.15, 0.2) is 24.3 Å². The van der Waals surface area contributed by atoms with Crippen LogP contribution in [0.5, 0.6) is 11.5 Å². The molecule has 0 radical (unpaired) electrons. The number of ether oxygens (including phenoxy) is 3. The van der Waals surface area contributed by atoms with E-state index in [1.54, 1.807) is 47.1 Å². The fourth-order valence-corrected chi connectivity index (χ4v) is 2.71. The molecule has 140 valence electrons. The highest BCUT2D eigenvalue weighted by atomic mass is 16.6. The minimum absolute atomic E-state index is 0.192. The Morgan fingerprint density at radius 1 is 1.04 bits per heavy atom. The largest absolute Gasteiger partial charge is 0.496 e. The molecule has 2 rings (SSSR count). The predicted molar refractivity (Wildman–Crippen MR) is 100.0 cm³/mol. The summed E-state index contributed by atoms with van der Waals surface area (Å²) >= 11 is 0. The summed E-state index contributed by atoms with van der Waals surface area (Å²) in [7, 11) is 3.19. The Bertz CT molecular complexity index is 836. The first kappa shape index (κ1) is 19.6. The van der Waals surface area contributed by atoms with Crippen molar-refractivity contribution >= 4 is 22.6 Å². The number of rotatable bonds is 5. The lowest BCUT2D eigenvalue weighted by molar-refractivity contribution is -0.153. The topological polar surface area (TPSA) is 73.9 Å². The summed E-state index contributed by atoms with van der Waals surface area (Å²) in [6.07, 6.45) is 0. The molecule has 2 aromatic carbocycles. The molecular formula is C20H25NO5. The quantitative estimate of drug-likeness (QED) is 0.830. The molecule has 1 amide bonds. The van der Waals surface area contributed by atoms with Gasteiger partial charge in [0.15, 0.2) is 0 Å². The molecule has 0 aromatic heterocycles. The molecule has 0 aliphatic carbocycles. The molecule has 6 nitrogen and oxygen atoms in total. The zero-order chi connectivity index (χ0) is 19.5. The van der Waals surface area contributed by atoms with Gasteiger partial charge in [-0.25, -0.2) is 0 Å². The van der Waals surface area contributed by atoms with Crippen LogP contribution >= 0.6 is 0 Å². The van der Waals surface area contributed by atoms with Crippen LogP contribution < -0.4 is 14.8 Å². The van der Waals surface area contributed by atoms with Gasteiger partial charge in [-0.15, -0.1) is 0 Å². The lowest BCUT2D eigenvalue weighted by atomic mass is 10.0. The van der Waals surface area contributed by atoms with Gasteiger partial charge in [-0.05, 0) is 57.5 Å². The number of carbonyl (C=O) groups excluding carboxylic acids is 2. The van der Waals surface area contributed by atoms with Gasteiger partial charge < -0.3 is 19.5 Å². The molecule has 0 spiro atoms. The minimum Gasteiger partial charge on any atom is -0.496 e. The number of hydrogen-bond acceptors (Lipinski definition) is 5. The average Bonchev–Trinajstić information content (AvgIpc) is 2.57. The fourth-order valence-electron chi connectivity index (χ4n) is 2.71. The van der Waals surface area contributed by atoms with Crippen LogP contribution in [0.3, 0.4) is 0 Å². The maximum absolute atomic E-state index is 12.4. The van der Waals surface area contributed by atoms with Gasteiger partial charge in [0.25, 0.3) is 5.91 Å². The highest BCUT2D eigenvalue weighted by Crippen LogP contribution is 2.36. The number of aryl methyl sites for hydroxylation is 1. The van der Waals surface area contributed by atoms with E-state index in [4.69, 9.17) is 14.2 Å². The minimum atomic E-state index is -0.591. The summed E-state index contributed by atoms with van der Waals surface area (Å²) in [5.41, 5.74) is 0.774. The van der Waals surface area contributed by atoms with E-state index in [0.717, 1.165) is 22.1 Å². The second-order valence-electron chi connectivity index (χ2n) is 6.96. The Kier molecular flexibility index (Phi) is 5.75. The van der Waals surface area contributed by atoms with Crippen LogP contribution in [-0.2, 0) is 9.53 Å². The Morgan fingerprint density at radius 3 is 2.31 bits per heavy atom. The lowest BCUT2D eigenvalue weighted by Crippen LogP contribution is -2.34. The number of esters is 1. The first-order valence-corrected chi connectivity index (χ1v) is 8.31. The van der Waals surface area contributed by atoms with Crippen molar-refractivity contribution in [2.24, 2.45) is 0 Å². The van der Waals surface area contributed by atoms with Gasteiger partial charge >= 0.3 is 5.97 Å². The van der Waals surface area contributed by atoms with Crippen LogP contribution in [0.4, 0.5) is 0 Å². The molecule has 0 saturated heterocycles. The van der Waals surface area contributed by atoms with Gasteiger partial charge in [-0.3, -0.25) is 9.59 Å². The van der Waals surface area contributed by atoms with Crippen molar-refractivity contribution in [2.75, 3.05) is 20.8 Å². The third-order valence-electron chi connectivity index (χ3n) is 3.73. The van der Waals surface area contributed by atoms with Gasteiger partial charge in [0, 0.05) is 16.3 Å². The molecular weight excluding hydrogens is 334 g/mol. The van der Waals surface area contributed by atoms with E-state index in [9.17, 15) is 9.59 Å². The average molecular weight is 359 g/mol. The molecule has 0 aliphatic heterocycles. The van der Waals surface area contributed by atoms with Gasteiger partial charge in [0.05, 0.1) is 14.2 Å². The van der Waals surface area contributed by atoms with Gasteiger partial charge in [-0.2, -0.15) is 0 Å². The molecule has 1 N–H and O–H groups in total. The Morgan fingerprint density at radius 2 is 1.73 bits per heavy atom. The van der Waals surface area contributed by atoms with Crippen molar-refractivity contribution in [3.63, 3.8) is 0 Å². The van der Waals surface area contributed by atoms with Crippen molar-refractivity contribution in [1.82, 2.24) is 5.32 Å². The molecule has 0 unspecified atom stereocenters. The molecule has 0 saturated carbocycles. The molecule has 26 heavy (non-hydrogen) atoms. The number of amides is 1. The molecule has 0 atom stereocenters. The first-order chi connectivity index (χ1) is 12.2. The van der Waals surface area contributed by atoms with Crippen molar-refractivity contribution in [3.05, 3.63) is 35.4 Å². The van der Waals surface area contributed by atoms with E-state index in [0.29, 0.717) is 11.3 Å². The molecule has 0 heterocycles. The predicted octanol–water partition coefficient (Wildman–Crippen LogP) is 3.24. The highest BCUT2D eigenvalue weighted by Gasteiger charge is 2.18. The summed E-state index contributed by atoms with van der Waals surface area (Å²) in [4.78, 5) is 24.1. The van der Waals surface area contributed by atoms with Crippen molar-refractivity contribution in [1.29, 1.82) is 0 Å². The van der Waals surface area contributed by atoms with E-state index in [2.05, 4.69) is 5.32 Å². The summed E-state index contributed by atoms with van der Waals surface area (Å²) < 4.78 is 16.1. The number of hydrogen-bond donors (Lipinski definition) is 1. The van der Waals surface area contributed by atoms with E-state index in [1.807, 2.05) is 19.1 Å². The Hall–Kier alpha value is -2.76. The SMILES string of the molecule is COc1cc(C)c(OC)c2ccc(C(=O)NCC(=O)OC(C)(C)C)cc12. The number of fused-ring (bicyclic) bond motifs is 1. The van der Waals surface area contributed by atoms with Crippen LogP contribution in [0, 0.1) is 6.92 Å². The molecule has 0 fully saturated rings. The fraction of sp³-hybridized carbons (Fsp3) is 0.400. The summed E-state index contributed by atoms with van der Waals surface area (Å²) in [6.45, 7) is 7.07. The molecule has 0 aliphatic rings. The summed E-state index contributed by atoms with van der Waals surface area (Å²) in [6, 6.07) is 7.09. The first-order valence-electron chi connectivity index (χ1n) is 8.31. The summed E-state index contributed by atoms with van der Waals surface area (Å²) in [5.74, 6) is 0.544. The maximum Gasteiger partial charge on any atom is 0.325 e. The molecule has 6 heteroatoms. The third kappa shape index (κ3) is 4.45. The summed E-state index contributed by atoms with van der Waals surface area (Å²) in [5, 5.41) is 4.20. The smallest absolute Gasteiger partial charge is 0.325 e. The van der Waals surface area contributed by atoms with Crippen molar-refractivity contribution < 1.29 is 23.8 Å². The van der Waals surface area contributed by atoms with Crippen LogP contribution in [0.1, 0.15) is 36.7 Å². The third-order valence-corrected chi connectivity index (χ3v) is 3.73. The Labute approximate surface area is 153 Å². The standard InChI is InChI=1S/C20H25NO5/c1-12-9-16(24-5)15-10-13(7-8-14(15)18(12)25-6)19(23)21-11-17(22)26-20(2,3)4/h7-10H,11H2,1-6H3,(H,21,23). The van der Waals surface area contributed by atoms with Crippen molar-refractivity contribution in [2.45, 2.75) is 33.3 Å². The second-order valence-corrected chi connectivity index (χ2v) is 6.96. The van der Waals surface area contributed by atoms with Crippen LogP contribution in [0.2, 0.25) is 0 Å². The zero-order valence-electron chi connectivity index (χ0n) is 16.1. The van der Waals surface area contributed by atoms with Gasteiger partial charge in [0.2, 0.25) is 0 Å². The highest BCUT2D eigenvalue weighted by molar-refractivity contribution is 6.03. The number of methoxy groups -OCH3 is 2. The maximum atomic E-state index is 12.4. The normalized spacial score (nSPS) is 11.2. The Balaban J connectivity index is 2.26. The number of nitrogens with one attached hydrogen (secondary N) is 1. The van der Waals surface area contributed by atoms with Gasteiger partial charge in [0.1, 0.15) is 23.6 Å². The van der Waals surface area contributed by atoms with Gasteiger partial charge in [-0.1, -0.05) is 0 Å². The lowest BCUT2D eigenvalue weighted by Gasteiger charge is -2.19. The molecule has 2 aromatic rings. The van der Waals surface area contributed by atoms with E-state index in [-0.39, 0.29) is 12.5 Å². The van der Waals surface area contributed by atoms with Crippen molar-refractivity contribution in [3.8, 4) is 11.5 Å². The van der Waals surface area contributed by atoms with Crippen LogP contribution in [-0.4, -0.2) is 38.2 Å². The van der Waals surface area contributed by atoms with Crippen LogP contribution in [0.25, 0.3) is 10.8 Å². The monoisotopic (exact) mass is 359 g/mol. The van der Waals surface area contributed by atoms with E-state index in [1.165, 1.54) is 0 Å². The number of carbonyl (C=O) groups is 2. The zero-order valence-corrected chi connectivity index (χ0v) is 16.1. The second kappa shape index (κ2) is 7.64.